The monoisotopic (exact) mass is 288 g/mol. The first kappa shape index (κ1) is 14.6. The molecule has 110 valence electrons. The van der Waals surface area contributed by atoms with Crippen molar-refractivity contribution >= 4 is 11.7 Å². The summed E-state index contributed by atoms with van der Waals surface area (Å²) in [5.41, 5.74) is 1.07. The smallest absolute Gasteiger partial charge is 0.335 e. The molecule has 6 nitrogen and oxygen atoms in total. The van der Waals surface area contributed by atoms with E-state index in [2.05, 4.69) is 10.3 Å². The lowest BCUT2D eigenvalue weighted by Gasteiger charge is -2.09. The van der Waals surface area contributed by atoms with Crippen LogP contribution < -0.4 is 14.8 Å². The van der Waals surface area contributed by atoms with E-state index >= 15 is 0 Å². The molecule has 0 saturated carbocycles. The Hall–Kier alpha value is -2.76. The topological polar surface area (TPSA) is 80.7 Å². The number of benzene rings is 1. The first-order valence-electron chi connectivity index (χ1n) is 6.39. The van der Waals surface area contributed by atoms with Crippen LogP contribution >= 0.6 is 0 Å². The summed E-state index contributed by atoms with van der Waals surface area (Å²) < 4.78 is 10.5. The molecule has 0 atom stereocenters. The van der Waals surface area contributed by atoms with Crippen LogP contribution in [0.1, 0.15) is 10.4 Å². The number of ether oxygens (including phenoxy) is 2. The minimum atomic E-state index is -0.970. The molecule has 0 bridgehead atoms. The van der Waals surface area contributed by atoms with Gasteiger partial charge in [-0.1, -0.05) is 6.07 Å². The summed E-state index contributed by atoms with van der Waals surface area (Å²) in [5, 5.41) is 12.0. The molecule has 6 heteroatoms. The van der Waals surface area contributed by atoms with Crippen molar-refractivity contribution in [3.8, 4) is 11.6 Å². The summed E-state index contributed by atoms with van der Waals surface area (Å²) in [5.74, 6) is 0.120. The molecular weight excluding hydrogens is 272 g/mol. The summed E-state index contributed by atoms with van der Waals surface area (Å²) in [6, 6.07) is 10.0. The molecule has 0 aliphatic heterocycles. The quantitative estimate of drug-likeness (QED) is 0.761. The number of methoxy groups -OCH3 is 1. The van der Waals surface area contributed by atoms with E-state index in [1.807, 2.05) is 6.07 Å². The number of carboxylic acids is 1. The molecule has 2 aromatic rings. The Morgan fingerprint density at radius 1 is 1.33 bits per heavy atom. The van der Waals surface area contributed by atoms with Crippen molar-refractivity contribution in [3.63, 3.8) is 0 Å². The molecule has 1 aromatic heterocycles. The first-order valence-corrected chi connectivity index (χ1v) is 6.39. The summed E-state index contributed by atoms with van der Waals surface area (Å²) in [6.07, 6.45) is 1.67. The van der Waals surface area contributed by atoms with Crippen LogP contribution in [0.4, 0.5) is 5.69 Å². The molecular formula is C15H16N2O4. The lowest BCUT2D eigenvalue weighted by atomic mass is 10.2. The number of anilines is 1. The normalized spacial score (nSPS) is 9.95. The number of carbonyl (C=O) groups is 1. The molecule has 0 aliphatic carbocycles. The van der Waals surface area contributed by atoms with Crippen LogP contribution in [0.15, 0.2) is 42.6 Å². The average molecular weight is 288 g/mol. The highest BCUT2D eigenvalue weighted by Crippen LogP contribution is 2.14. The Bertz CT molecular complexity index is 599. The predicted octanol–water partition coefficient (Wildman–Crippen LogP) is 2.28. The van der Waals surface area contributed by atoms with Crippen molar-refractivity contribution < 1.29 is 19.4 Å². The zero-order valence-electron chi connectivity index (χ0n) is 11.6. The molecule has 1 aromatic carbocycles. The van der Waals surface area contributed by atoms with Crippen LogP contribution in [0.3, 0.4) is 0 Å². The Morgan fingerprint density at radius 2 is 2.19 bits per heavy atom. The maximum absolute atomic E-state index is 10.8. The molecule has 0 spiro atoms. The van der Waals surface area contributed by atoms with E-state index in [-0.39, 0.29) is 5.56 Å². The molecule has 2 rings (SSSR count). The van der Waals surface area contributed by atoms with E-state index < -0.39 is 5.97 Å². The molecule has 21 heavy (non-hydrogen) atoms. The standard InChI is InChI=1S/C15H16N2O4/c1-20-14-6-5-12(10-17-14)16-7-8-21-13-4-2-3-11(9-13)15(18)19/h2-6,9-10,16H,7-8H2,1H3,(H,18,19). The van der Waals surface area contributed by atoms with Gasteiger partial charge in [-0.05, 0) is 24.3 Å². The Morgan fingerprint density at radius 3 is 2.86 bits per heavy atom. The maximum Gasteiger partial charge on any atom is 0.335 e. The van der Waals surface area contributed by atoms with Gasteiger partial charge in [-0.2, -0.15) is 0 Å². The number of carboxylic acid groups (broad SMARTS) is 1. The highest BCUT2D eigenvalue weighted by molar-refractivity contribution is 5.87. The number of nitrogens with zero attached hydrogens (tertiary/aromatic N) is 1. The van der Waals surface area contributed by atoms with Crippen molar-refractivity contribution in [2.24, 2.45) is 0 Å². The van der Waals surface area contributed by atoms with Gasteiger partial charge >= 0.3 is 5.97 Å². The van der Waals surface area contributed by atoms with Crippen molar-refractivity contribution in [2.45, 2.75) is 0 Å². The number of aromatic nitrogens is 1. The number of aromatic carboxylic acids is 1. The largest absolute Gasteiger partial charge is 0.492 e. The van der Waals surface area contributed by atoms with E-state index in [0.29, 0.717) is 24.8 Å². The maximum atomic E-state index is 10.8. The number of pyridine rings is 1. The molecule has 0 unspecified atom stereocenters. The van der Waals surface area contributed by atoms with E-state index in [1.54, 1.807) is 31.5 Å². The summed E-state index contributed by atoms with van der Waals surface area (Å²) in [7, 11) is 1.56. The molecule has 2 N–H and O–H groups in total. The SMILES string of the molecule is COc1ccc(NCCOc2cccc(C(=O)O)c2)cn1. The molecule has 0 fully saturated rings. The summed E-state index contributed by atoms with van der Waals surface area (Å²) in [4.78, 5) is 14.9. The lowest BCUT2D eigenvalue weighted by molar-refractivity contribution is 0.0696. The molecule has 0 aliphatic rings. The summed E-state index contributed by atoms with van der Waals surface area (Å²) in [6.45, 7) is 0.987. The summed E-state index contributed by atoms with van der Waals surface area (Å²) >= 11 is 0. The molecule has 1 heterocycles. The van der Waals surface area contributed by atoms with Gasteiger partial charge in [-0.15, -0.1) is 0 Å². The molecule has 0 saturated heterocycles. The minimum Gasteiger partial charge on any atom is -0.492 e. The predicted molar refractivity (Wildman–Crippen MR) is 78.2 cm³/mol. The van der Waals surface area contributed by atoms with E-state index in [1.165, 1.54) is 12.1 Å². The van der Waals surface area contributed by atoms with Gasteiger partial charge in [-0.25, -0.2) is 9.78 Å². The van der Waals surface area contributed by atoms with Crippen LogP contribution in [0.2, 0.25) is 0 Å². The highest BCUT2D eigenvalue weighted by atomic mass is 16.5. The number of hydrogen-bond donors (Lipinski definition) is 2. The van der Waals surface area contributed by atoms with Gasteiger partial charge in [0.05, 0.1) is 24.6 Å². The second kappa shape index (κ2) is 7.14. The molecule has 0 amide bonds. The van der Waals surface area contributed by atoms with Crippen molar-refractivity contribution in [2.75, 3.05) is 25.6 Å². The van der Waals surface area contributed by atoms with Gasteiger partial charge in [0.2, 0.25) is 5.88 Å². The third kappa shape index (κ3) is 4.38. The van der Waals surface area contributed by atoms with Crippen molar-refractivity contribution in [3.05, 3.63) is 48.2 Å². The third-order valence-corrected chi connectivity index (χ3v) is 2.73. The highest BCUT2D eigenvalue weighted by Gasteiger charge is 2.03. The number of rotatable bonds is 7. The van der Waals surface area contributed by atoms with E-state index in [0.717, 1.165) is 5.69 Å². The second-order valence-electron chi connectivity index (χ2n) is 4.20. The fourth-order valence-corrected chi connectivity index (χ4v) is 1.69. The third-order valence-electron chi connectivity index (χ3n) is 2.73. The Kier molecular flexibility index (Phi) is 4.98. The fraction of sp³-hybridized carbons (Fsp3) is 0.200. The molecule has 0 radical (unpaired) electrons. The fourth-order valence-electron chi connectivity index (χ4n) is 1.69. The van der Waals surface area contributed by atoms with Crippen LogP contribution in [0.5, 0.6) is 11.6 Å². The van der Waals surface area contributed by atoms with Gasteiger partial charge in [0.15, 0.2) is 0 Å². The van der Waals surface area contributed by atoms with Crippen molar-refractivity contribution in [1.82, 2.24) is 4.98 Å². The average Bonchev–Trinajstić information content (AvgIpc) is 2.52. The van der Waals surface area contributed by atoms with Crippen LogP contribution in [-0.4, -0.2) is 36.3 Å². The van der Waals surface area contributed by atoms with E-state index in [9.17, 15) is 4.79 Å². The van der Waals surface area contributed by atoms with Gasteiger partial charge in [0.25, 0.3) is 0 Å². The minimum absolute atomic E-state index is 0.208. The van der Waals surface area contributed by atoms with Crippen LogP contribution in [0, 0.1) is 0 Å². The Labute approximate surface area is 122 Å². The number of hydrogen-bond acceptors (Lipinski definition) is 5. The Balaban J connectivity index is 1.78. The van der Waals surface area contributed by atoms with Crippen LogP contribution in [-0.2, 0) is 0 Å². The van der Waals surface area contributed by atoms with Gasteiger partial charge in [0.1, 0.15) is 12.4 Å². The van der Waals surface area contributed by atoms with Gasteiger partial charge in [-0.3, -0.25) is 0 Å². The first-order chi connectivity index (χ1) is 10.2. The van der Waals surface area contributed by atoms with Crippen LogP contribution in [0.25, 0.3) is 0 Å². The second-order valence-corrected chi connectivity index (χ2v) is 4.20. The van der Waals surface area contributed by atoms with Gasteiger partial charge < -0.3 is 19.9 Å². The zero-order chi connectivity index (χ0) is 15.1. The lowest BCUT2D eigenvalue weighted by Crippen LogP contribution is -2.11. The number of nitrogens with one attached hydrogen (secondary N) is 1. The zero-order valence-corrected chi connectivity index (χ0v) is 11.6. The van der Waals surface area contributed by atoms with Crippen molar-refractivity contribution in [1.29, 1.82) is 0 Å². The van der Waals surface area contributed by atoms with Gasteiger partial charge in [0, 0.05) is 12.6 Å². The van der Waals surface area contributed by atoms with E-state index in [4.69, 9.17) is 14.6 Å².